The van der Waals surface area contributed by atoms with Gasteiger partial charge in [-0.25, -0.2) is 4.39 Å². The zero-order valence-electron chi connectivity index (χ0n) is 16.5. The Morgan fingerprint density at radius 1 is 1.17 bits per heavy atom. The number of ether oxygens (including phenoxy) is 1. The Labute approximate surface area is 185 Å². The molecule has 1 saturated heterocycles. The van der Waals surface area contributed by atoms with Crippen LogP contribution in [0, 0.1) is 5.82 Å². The van der Waals surface area contributed by atoms with Gasteiger partial charge in [0.25, 0.3) is 0 Å². The molecule has 1 atom stereocenters. The zero-order valence-corrected chi connectivity index (χ0v) is 18.1. The second-order valence-corrected chi connectivity index (χ2v) is 8.44. The van der Waals surface area contributed by atoms with Gasteiger partial charge in [0.05, 0.1) is 22.2 Å². The molecule has 5 nitrogen and oxygen atoms in total. The Bertz CT molecular complexity index is 883. The number of nitrogens with one attached hydrogen (secondary N) is 1. The van der Waals surface area contributed by atoms with Gasteiger partial charge in [-0.1, -0.05) is 35.3 Å². The van der Waals surface area contributed by atoms with Crippen molar-refractivity contribution in [3.05, 3.63) is 63.9 Å². The van der Waals surface area contributed by atoms with E-state index in [1.807, 2.05) is 4.90 Å². The molecule has 1 heterocycles. The molecule has 0 unspecified atom stereocenters. The van der Waals surface area contributed by atoms with E-state index in [2.05, 4.69) is 5.32 Å². The number of carbonyl (C=O) groups excluding carboxylic acids is 1. The molecule has 1 amide bonds. The van der Waals surface area contributed by atoms with Crippen molar-refractivity contribution >= 4 is 29.1 Å². The lowest BCUT2D eigenvalue weighted by molar-refractivity contribution is -0.122. The topological polar surface area (TPSA) is 61.8 Å². The van der Waals surface area contributed by atoms with Crippen LogP contribution in [0.3, 0.4) is 0 Å². The second kappa shape index (κ2) is 10.4. The van der Waals surface area contributed by atoms with Gasteiger partial charge in [0.15, 0.2) is 0 Å². The van der Waals surface area contributed by atoms with Crippen molar-refractivity contribution in [2.24, 2.45) is 0 Å². The molecule has 2 aromatic carbocycles. The van der Waals surface area contributed by atoms with Crippen molar-refractivity contribution in [2.45, 2.75) is 31.4 Å². The third-order valence-corrected chi connectivity index (χ3v) is 5.89. The molecule has 0 bridgehead atoms. The molecule has 0 spiro atoms. The fourth-order valence-electron chi connectivity index (χ4n) is 3.43. The monoisotopic (exact) mass is 454 g/mol. The number of carbonyl (C=O) groups is 1. The molecular formula is C22H25Cl2FN2O3. The number of halogens is 3. The highest BCUT2D eigenvalue weighted by Gasteiger charge is 2.31. The number of aliphatic hydroxyl groups is 1. The molecule has 30 heavy (non-hydrogen) atoms. The van der Waals surface area contributed by atoms with Gasteiger partial charge in [-0.3, -0.25) is 9.69 Å². The molecule has 0 radical (unpaired) electrons. The van der Waals surface area contributed by atoms with Gasteiger partial charge in [-0.2, -0.15) is 0 Å². The van der Waals surface area contributed by atoms with Crippen LogP contribution in [0.15, 0.2) is 42.5 Å². The van der Waals surface area contributed by atoms with E-state index < -0.39 is 5.60 Å². The van der Waals surface area contributed by atoms with E-state index in [1.165, 1.54) is 12.1 Å². The maximum atomic E-state index is 13.2. The molecule has 162 valence electrons. The largest absolute Gasteiger partial charge is 0.491 e. The lowest BCUT2D eigenvalue weighted by Gasteiger charge is -2.27. The van der Waals surface area contributed by atoms with Crippen LogP contribution >= 0.6 is 23.2 Å². The number of amides is 1. The van der Waals surface area contributed by atoms with Crippen molar-refractivity contribution in [1.29, 1.82) is 0 Å². The number of rotatable bonds is 7. The summed E-state index contributed by atoms with van der Waals surface area (Å²) in [6.45, 7) is 1.95. The first-order chi connectivity index (χ1) is 14.3. The average molecular weight is 455 g/mol. The molecule has 8 heteroatoms. The molecule has 1 aliphatic heterocycles. The van der Waals surface area contributed by atoms with Crippen molar-refractivity contribution in [2.75, 3.05) is 26.2 Å². The van der Waals surface area contributed by atoms with Gasteiger partial charge in [0.1, 0.15) is 18.2 Å². The number of benzene rings is 2. The van der Waals surface area contributed by atoms with Crippen LogP contribution in [-0.2, 0) is 11.3 Å². The van der Waals surface area contributed by atoms with Crippen LogP contribution in [0.1, 0.15) is 24.8 Å². The summed E-state index contributed by atoms with van der Waals surface area (Å²) in [5.41, 5.74) is -0.258. The highest BCUT2D eigenvalue weighted by atomic mass is 35.5. The van der Waals surface area contributed by atoms with Crippen LogP contribution in [-0.4, -0.2) is 47.8 Å². The summed E-state index contributed by atoms with van der Waals surface area (Å²) in [5, 5.41) is 14.6. The van der Waals surface area contributed by atoms with Gasteiger partial charge in [0.2, 0.25) is 5.91 Å². The van der Waals surface area contributed by atoms with Gasteiger partial charge in [-0.05, 0) is 55.6 Å². The van der Waals surface area contributed by atoms with Crippen molar-refractivity contribution in [1.82, 2.24) is 10.2 Å². The Morgan fingerprint density at radius 2 is 2.00 bits per heavy atom. The minimum Gasteiger partial charge on any atom is -0.491 e. The van der Waals surface area contributed by atoms with Crippen molar-refractivity contribution < 1.29 is 19.0 Å². The lowest BCUT2D eigenvalue weighted by atomic mass is 9.96. The first kappa shape index (κ1) is 22.8. The number of likely N-dealkylation sites (tertiary alicyclic amines) is 1. The van der Waals surface area contributed by atoms with E-state index >= 15 is 0 Å². The summed E-state index contributed by atoms with van der Waals surface area (Å²) >= 11 is 11.9. The van der Waals surface area contributed by atoms with E-state index in [1.54, 1.807) is 30.3 Å². The molecule has 1 fully saturated rings. The Kier molecular flexibility index (Phi) is 7.94. The fourth-order valence-corrected chi connectivity index (χ4v) is 3.72. The number of nitrogens with zero attached hydrogens (tertiary/aromatic N) is 1. The molecular weight excluding hydrogens is 430 g/mol. The normalized spacial score (nSPS) is 19.9. The Hall–Kier alpha value is -1.86. The predicted octanol–water partition coefficient (Wildman–Crippen LogP) is 4.04. The molecule has 2 aromatic rings. The minimum atomic E-state index is -0.973. The minimum absolute atomic E-state index is 0.128. The molecule has 0 saturated carbocycles. The van der Waals surface area contributed by atoms with Gasteiger partial charge < -0.3 is 15.2 Å². The standard InChI is InChI=1S/C22H25Cl2FN2O3/c23-19-6-5-18(12-20(19)24)30-15-22(29)7-2-9-27(10-8-22)14-21(28)26-13-16-3-1-4-17(25)11-16/h1,3-6,11-12,29H,2,7-10,13-15H2,(H,26,28)/t22-/m0/s1. The van der Waals surface area contributed by atoms with E-state index in [9.17, 15) is 14.3 Å². The van der Waals surface area contributed by atoms with E-state index in [-0.39, 0.29) is 31.4 Å². The fraction of sp³-hybridized carbons (Fsp3) is 0.409. The smallest absolute Gasteiger partial charge is 0.234 e. The first-order valence-electron chi connectivity index (χ1n) is 9.87. The van der Waals surface area contributed by atoms with Crippen LogP contribution in [0.2, 0.25) is 10.0 Å². The maximum absolute atomic E-state index is 13.2. The summed E-state index contributed by atoms with van der Waals surface area (Å²) in [5.74, 6) is 0.101. The lowest BCUT2D eigenvalue weighted by Crippen LogP contribution is -2.40. The SMILES string of the molecule is O=C(CN1CCC[C@@](O)(COc2ccc(Cl)c(Cl)c2)CC1)NCc1cccc(F)c1. The second-order valence-electron chi connectivity index (χ2n) is 7.63. The van der Waals surface area contributed by atoms with Crippen molar-refractivity contribution in [3.63, 3.8) is 0 Å². The average Bonchev–Trinajstić information content (AvgIpc) is 2.89. The third-order valence-electron chi connectivity index (χ3n) is 5.15. The van der Waals surface area contributed by atoms with E-state index in [0.29, 0.717) is 47.3 Å². The first-order valence-corrected chi connectivity index (χ1v) is 10.6. The Morgan fingerprint density at radius 3 is 2.77 bits per heavy atom. The third kappa shape index (κ3) is 6.84. The number of hydrogen-bond acceptors (Lipinski definition) is 4. The van der Waals surface area contributed by atoms with Crippen LogP contribution in [0.4, 0.5) is 4.39 Å². The maximum Gasteiger partial charge on any atom is 0.234 e. The highest BCUT2D eigenvalue weighted by Crippen LogP contribution is 2.28. The summed E-state index contributed by atoms with van der Waals surface area (Å²) in [7, 11) is 0. The number of hydrogen-bond donors (Lipinski definition) is 2. The summed E-state index contributed by atoms with van der Waals surface area (Å²) in [6.07, 6.45) is 1.82. The summed E-state index contributed by atoms with van der Waals surface area (Å²) in [4.78, 5) is 14.3. The quantitative estimate of drug-likeness (QED) is 0.662. The molecule has 2 N–H and O–H groups in total. The van der Waals surface area contributed by atoms with E-state index in [4.69, 9.17) is 27.9 Å². The van der Waals surface area contributed by atoms with Crippen molar-refractivity contribution in [3.8, 4) is 5.75 Å². The highest BCUT2D eigenvalue weighted by molar-refractivity contribution is 6.42. The van der Waals surface area contributed by atoms with E-state index in [0.717, 1.165) is 6.42 Å². The van der Waals surface area contributed by atoms with Gasteiger partial charge in [-0.15, -0.1) is 0 Å². The summed E-state index contributed by atoms with van der Waals surface area (Å²) in [6, 6.07) is 11.1. The van der Waals surface area contributed by atoms with Crippen LogP contribution in [0.25, 0.3) is 0 Å². The zero-order chi connectivity index (χ0) is 21.6. The molecule has 0 aliphatic carbocycles. The van der Waals surface area contributed by atoms with Crippen LogP contribution in [0.5, 0.6) is 5.75 Å². The van der Waals surface area contributed by atoms with Gasteiger partial charge >= 0.3 is 0 Å². The summed E-state index contributed by atoms with van der Waals surface area (Å²) < 4.78 is 19.0. The predicted molar refractivity (Wildman–Crippen MR) is 115 cm³/mol. The molecule has 1 aliphatic rings. The van der Waals surface area contributed by atoms with Gasteiger partial charge in [0, 0.05) is 19.2 Å². The van der Waals surface area contributed by atoms with Crippen LogP contribution < -0.4 is 10.1 Å². The molecule has 0 aromatic heterocycles. The Balaban J connectivity index is 1.45. The molecule has 3 rings (SSSR count).